The van der Waals surface area contributed by atoms with Crippen molar-refractivity contribution in [3.05, 3.63) is 23.4 Å². The third-order valence-electron chi connectivity index (χ3n) is 4.23. The van der Waals surface area contributed by atoms with Gasteiger partial charge in [0, 0.05) is 27.9 Å². The summed E-state index contributed by atoms with van der Waals surface area (Å²) in [7, 11) is 0. The quantitative estimate of drug-likeness (QED) is 0.621. The van der Waals surface area contributed by atoms with E-state index in [2.05, 4.69) is 116 Å². The van der Waals surface area contributed by atoms with Gasteiger partial charge in [-0.25, -0.2) is 0 Å². The number of nitrogens with one attached hydrogen (secondary N) is 2. The molecule has 0 aromatic rings. The van der Waals surface area contributed by atoms with Gasteiger partial charge < -0.3 is 10.6 Å². The van der Waals surface area contributed by atoms with Gasteiger partial charge in [0.15, 0.2) is 0 Å². The summed E-state index contributed by atoms with van der Waals surface area (Å²) in [6.45, 7) is 27.9. The Labute approximate surface area is 174 Å². The van der Waals surface area contributed by atoms with Crippen LogP contribution in [0.15, 0.2) is 33.4 Å². The average Bonchev–Trinajstić information content (AvgIpc) is 3.03. The molecule has 0 amide bonds. The molecule has 0 saturated heterocycles. The van der Waals surface area contributed by atoms with Gasteiger partial charge in [0.1, 0.15) is 5.84 Å². The average molecular weight is 389 g/mol. The number of rotatable bonds is 1. The van der Waals surface area contributed by atoms with Crippen molar-refractivity contribution in [1.29, 1.82) is 0 Å². The highest BCUT2D eigenvalue weighted by molar-refractivity contribution is 6.01. The first-order valence-corrected chi connectivity index (χ1v) is 10.4. The maximum Gasteiger partial charge on any atom is 0.121 e. The fourth-order valence-electron chi connectivity index (χ4n) is 2.78. The van der Waals surface area contributed by atoms with Crippen LogP contribution in [0.25, 0.3) is 0 Å². The van der Waals surface area contributed by atoms with Crippen LogP contribution in [-0.4, -0.2) is 35.7 Å². The fourth-order valence-corrected chi connectivity index (χ4v) is 2.78. The summed E-state index contributed by atoms with van der Waals surface area (Å²) in [6.07, 6.45) is 4.37. The first kappa shape index (κ1) is 24.5. The van der Waals surface area contributed by atoms with E-state index in [0.29, 0.717) is 0 Å². The van der Waals surface area contributed by atoms with Crippen molar-refractivity contribution in [2.45, 2.75) is 94.2 Å². The highest BCUT2D eigenvalue weighted by atomic mass is 15.0. The zero-order chi connectivity index (χ0) is 22.0. The molecule has 2 heterocycles. The standard InChI is InChI=1S/2C12H22N2/c1-11(2,3)10-7-9(8-13-10)14-12(4,5)6;1-11(2,3)9-7-10(13-8-9)14-12(4,5)6/h7,14H,8H2,1-6H3;7H,8H2,1-6H3,(H,13,14). The van der Waals surface area contributed by atoms with Crippen molar-refractivity contribution in [2.24, 2.45) is 20.8 Å². The molecule has 2 rings (SSSR count). The van der Waals surface area contributed by atoms with E-state index in [4.69, 9.17) is 0 Å². The van der Waals surface area contributed by atoms with Crippen LogP contribution in [-0.2, 0) is 0 Å². The highest BCUT2D eigenvalue weighted by Gasteiger charge is 2.23. The molecule has 160 valence electrons. The van der Waals surface area contributed by atoms with Gasteiger partial charge >= 0.3 is 0 Å². The number of allylic oxidation sites excluding steroid dienone is 1. The lowest BCUT2D eigenvalue weighted by molar-refractivity contribution is 0.471. The summed E-state index contributed by atoms with van der Waals surface area (Å²) < 4.78 is 0. The lowest BCUT2D eigenvalue weighted by Crippen LogP contribution is -2.39. The van der Waals surface area contributed by atoms with Crippen molar-refractivity contribution < 1.29 is 0 Å². The van der Waals surface area contributed by atoms with Crippen molar-refractivity contribution in [3.63, 3.8) is 0 Å². The van der Waals surface area contributed by atoms with Gasteiger partial charge in [0.2, 0.25) is 0 Å². The summed E-state index contributed by atoms with van der Waals surface area (Å²) >= 11 is 0. The number of amidine groups is 1. The van der Waals surface area contributed by atoms with Crippen LogP contribution < -0.4 is 10.6 Å². The maximum atomic E-state index is 4.53. The largest absolute Gasteiger partial charge is 0.382 e. The van der Waals surface area contributed by atoms with Crippen molar-refractivity contribution >= 4 is 11.5 Å². The molecule has 4 nitrogen and oxygen atoms in total. The molecule has 0 radical (unpaired) electrons. The van der Waals surface area contributed by atoms with E-state index in [-0.39, 0.29) is 21.9 Å². The van der Waals surface area contributed by atoms with Crippen LogP contribution >= 0.6 is 0 Å². The normalized spacial score (nSPS) is 17.9. The molecule has 0 aromatic carbocycles. The second kappa shape index (κ2) is 8.42. The molecule has 0 unspecified atom stereocenters. The lowest BCUT2D eigenvalue weighted by Gasteiger charge is -2.22. The van der Waals surface area contributed by atoms with Crippen LogP contribution in [0, 0.1) is 10.8 Å². The Morgan fingerprint density at radius 1 is 0.643 bits per heavy atom. The predicted molar refractivity (Wildman–Crippen MR) is 125 cm³/mol. The summed E-state index contributed by atoms with van der Waals surface area (Å²) in [6, 6.07) is 0. The Morgan fingerprint density at radius 2 is 1.18 bits per heavy atom. The molecule has 0 saturated carbocycles. The summed E-state index contributed by atoms with van der Waals surface area (Å²) in [5.41, 5.74) is 4.49. The Kier molecular flexibility index (Phi) is 7.36. The van der Waals surface area contributed by atoms with E-state index >= 15 is 0 Å². The smallest absolute Gasteiger partial charge is 0.121 e. The Hall–Kier alpha value is -1.58. The van der Waals surface area contributed by atoms with E-state index in [1.807, 2.05) is 0 Å². The first-order valence-electron chi connectivity index (χ1n) is 10.4. The van der Waals surface area contributed by atoms with Crippen molar-refractivity contribution in [1.82, 2.24) is 10.6 Å². The molecule has 0 spiro atoms. The molecule has 0 atom stereocenters. The summed E-state index contributed by atoms with van der Waals surface area (Å²) in [5.74, 6) is 1.03. The van der Waals surface area contributed by atoms with Gasteiger partial charge in [-0.3, -0.25) is 9.98 Å². The minimum Gasteiger partial charge on any atom is -0.382 e. The lowest BCUT2D eigenvalue weighted by atomic mass is 9.87. The van der Waals surface area contributed by atoms with Gasteiger partial charge in [-0.2, -0.15) is 0 Å². The Bertz CT molecular complexity index is 663. The van der Waals surface area contributed by atoms with E-state index in [1.165, 1.54) is 17.0 Å². The highest BCUT2D eigenvalue weighted by Crippen LogP contribution is 2.27. The van der Waals surface area contributed by atoms with E-state index in [0.717, 1.165) is 18.9 Å². The van der Waals surface area contributed by atoms with Crippen LogP contribution in [0.5, 0.6) is 0 Å². The topological polar surface area (TPSA) is 48.8 Å². The zero-order valence-corrected chi connectivity index (χ0v) is 20.5. The first-order chi connectivity index (χ1) is 12.4. The minimum absolute atomic E-state index is 0.0999. The predicted octanol–water partition coefficient (Wildman–Crippen LogP) is 5.52. The van der Waals surface area contributed by atoms with Crippen molar-refractivity contribution in [3.8, 4) is 0 Å². The number of nitrogens with zero attached hydrogens (tertiary/aromatic N) is 2. The molecule has 2 aliphatic rings. The van der Waals surface area contributed by atoms with E-state index in [1.54, 1.807) is 0 Å². The Morgan fingerprint density at radius 3 is 1.54 bits per heavy atom. The molecule has 28 heavy (non-hydrogen) atoms. The molecular weight excluding hydrogens is 344 g/mol. The number of aliphatic imine (C=N–C) groups is 2. The van der Waals surface area contributed by atoms with Gasteiger partial charge in [-0.15, -0.1) is 0 Å². The molecule has 2 N–H and O–H groups in total. The number of hydrogen-bond acceptors (Lipinski definition) is 4. The molecule has 0 bridgehead atoms. The molecule has 0 aliphatic carbocycles. The second-order valence-corrected chi connectivity index (χ2v) is 12.0. The SMILES string of the molecule is CC(C)(C)NC1=CC(C(C)(C)C)=NC1.CC(C)(C)NC1=NCC(C(C)(C)C)=C1. The van der Waals surface area contributed by atoms with Crippen LogP contribution in [0.1, 0.15) is 83.1 Å². The summed E-state index contributed by atoms with van der Waals surface area (Å²) in [4.78, 5) is 9.02. The van der Waals surface area contributed by atoms with Crippen molar-refractivity contribution in [2.75, 3.05) is 13.1 Å². The van der Waals surface area contributed by atoms with Crippen LogP contribution in [0.3, 0.4) is 0 Å². The summed E-state index contributed by atoms with van der Waals surface area (Å²) in [5, 5.41) is 6.86. The molecule has 0 aromatic heterocycles. The third kappa shape index (κ3) is 9.07. The zero-order valence-electron chi connectivity index (χ0n) is 20.5. The molecule has 0 fully saturated rings. The second-order valence-electron chi connectivity index (χ2n) is 12.0. The molecule has 4 heteroatoms. The maximum absolute atomic E-state index is 4.53. The van der Waals surface area contributed by atoms with Crippen LogP contribution in [0.2, 0.25) is 0 Å². The van der Waals surface area contributed by atoms with Crippen LogP contribution in [0.4, 0.5) is 0 Å². The molecular formula is C24H44N4. The Balaban J connectivity index is 0.000000280. The van der Waals surface area contributed by atoms with Gasteiger partial charge in [-0.1, -0.05) is 41.5 Å². The van der Waals surface area contributed by atoms with E-state index < -0.39 is 0 Å². The van der Waals surface area contributed by atoms with Gasteiger partial charge in [-0.05, 0) is 64.7 Å². The minimum atomic E-state index is 0.0999. The third-order valence-corrected chi connectivity index (χ3v) is 4.23. The monoisotopic (exact) mass is 388 g/mol. The molecule has 2 aliphatic heterocycles. The van der Waals surface area contributed by atoms with Gasteiger partial charge in [0.25, 0.3) is 0 Å². The number of hydrogen-bond donors (Lipinski definition) is 2. The van der Waals surface area contributed by atoms with Gasteiger partial charge in [0.05, 0.1) is 13.1 Å². The fraction of sp³-hybridized carbons (Fsp3) is 0.750. The van der Waals surface area contributed by atoms with E-state index in [9.17, 15) is 0 Å².